The van der Waals surface area contributed by atoms with E-state index in [1.807, 2.05) is 6.08 Å². The molecule has 1 saturated heterocycles. The number of fused-ring (bicyclic) bond motifs is 3. The normalized spacial score (nSPS) is 50.9. The lowest BCUT2D eigenvalue weighted by Crippen LogP contribution is -2.57. The highest BCUT2D eigenvalue weighted by atomic mass is 16.5. The molecule has 1 aliphatic heterocycles. The van der Waals surface area contributed by atoms with E-state index in [4.69, 9.17) is 4.74 Å². The zero-order valence-electron chi connectivity index (χ0n) is 13.9. The standard InChI is InChI=1S/C19H32O/c1-6-18(4)13-10-14-15(20-18)8-9-16-17(2,3)11-7-12-19(14,16)5/h6,14-16H,1,7-13H2,2-5H3/t14?,15?,16?,18-,19?/m1/s1. The van der Waals surface area contributed by atoms with Gasteiger partial charge in [0.25, 0.3) is 0 Å². The molecule has 0 spiro atoms. The SMILES string of the molecule is C=C[C@]1(C)CCC2C(CCC3C(C)(C)CCCC23C)O1. The van der Waals surface area contributed by atoms with Crippen molar-refractivity contribution in [1.29, 1.82) is 0 Å². The summed E-state index contributed by atoms with van der Waals surface area (Å²) in [6.07, 6.45) is 11.8. The van der Waals surface area contributed by atoms with Crippen molar-refractivity contribution >= 4 is 0 Å². The lowest BCUT2D eigenvalue weighted by molar-refractivity contribution is -0.202. The highest BCUT2D eigenvalue weighted by Gasteiger charge is 2.56. The molecule has 1 heteroatoms. The van der Waals surface area contributed by atoms with Gasteiger partial charge in [0, 0.05) is 0 Å². The number of rotatable bonds is 1. The molecule has 0 bridgehead atoms. The first-order valence-electron chi connectivity index (χ1n) is 8.62. The van der Waals surface area contributed by atoms with Crippen LogP contribution in [0.5, 0.6) is 0 Å². The Bertz CT molecular complexity index is 399. The molecule has 2 saturated carbocycles. The van der Waals surface area contributed by atoms with E-state index in [0.717, 1.165) is 18.3 Å². The first-order valence-corrected chi connectivity index (χ1v) is 8.62. The fraction of sp³-hybridized carbons (Fsp3) is 0.895. The summed E-state index contributed by atoms with van der Waals surface area (Å²) >= 11 is 0. The van der Waals surface area contributed by atoms with Gasteiger partial charge in [-0.05, 0) is 68.1 Å². The number of hydrogen-bond acceptors (Lipinski definition) is 1. The zero-order valence-corrected chi connectivity index (χ0v) is 13.9. The van der Waals surface area contributed by atoms with E-state index in [0.29, 0.717) is 16.9 Å². The van der Waals surface area contributed by atoms with Crippen molar-refractivity contribution < 1.29 is 4.74 Å². The van der Waals surface area contributed by atoms with Gasteiger partial charge in [0.05, 0.1) is 11.7 Å². The molecule has 0 radical (unpaired) electrons. The molecule has 3 rings (SSSR count). The summed E-state index contributed by atoms with van der Waals surface area (Å²) < 4.78 is 6.49. The number of hydrogen-bond donors (Lipinski definition) is 0. The maximum Gasteiger partial charge on any atom is 0.0835 e. The maximum atomic E-state index is 6.49. The molecule has 1 nitrogen and oxygen atoms in total. The topological polar surface area (TPSA) is 9.23 Å². The summed E-state index contributed by atoms with van der Waals surface area (Å²) in [6.45, 7) is 13.8. The molecule has 0 N–H and O–H groups in total. The second kappa shape index (κ2) is 4.60. The minimum atomic E-state index is -0.0749. The Hall–Kier alpha value is -0.300. The van der Waals surface area contributed by atoms with Crippen molar-refractivity contribution in [2.75, 3.05) is 0 Å². The molecule has 0 aromatic rings. The van der Waals surface area contributed by atoms with Gasteiger partial charge in [-0.3, -0.25) is 0 Å². The fourth-order valence-electron chi connectivity index (χ4n) is 5.94. The Morgan fingerprint density at radius 1 is 1.00 bits per heavy atom. The molecule has 3 fully saturated rings. The first kappa shape index (κ1) is 14.6. The van der Waals surface area contributed by atoms with Crippen LogP contribution in [0.3, 0.4) is 0 Å². The Balaban J connectivity index is 1.87. The van der Waals surface area contributed by atoms with E-state index in [1.54, 1.807) is 0 Å². The quantitative estimate of drug-likeness (QED) is 0.586. The summed E-state index contributed by atoms with van der Waals surface area (Å²) in [4.78, 5) is 0. The molecule has 114 valence electrons. The van der Waals surface area contributed by atoms with Crippen LogP contribution in [0.25, 0.3) is 0 Å². The van der Waals surface area contributed by atoms with Gasteiger partial charge in [-0.2, -0.15) is 0 Å². The molecule has 4 unspecified atom stereocenters. The highest BCUT2D eigenvalue weighted by molar-refractivity contribution is 5.08. The molecule has 0 aromatic heterocycles. The molecule has 0 amide bonds. The molecule has 20 heavy (non-hydrogen) atoms. The van der Waals surface area contributed by atoms with Gasteiger partial charge in [-0.1, -0.05) is 33.3 Å². The second-order valence-electron chi connectivity index (χ2n) is 8.80. The molecular weight excluding hydrogens is 244 g/mol. The van der Waals surface area contributed by atoms with Crippen LogP contribution >= 0.6 is 0 Å². The lowest BCUT2D eigenvalue weighted by Gasteiger charge is -2.61. The summed E-state index contributed by atoms with van der Waals surface area (Å²) in [5.41, 5.74) is 0.957. The third-order valence-corrected chi connectivity index (χ3v) is 7.12. The van der Waals surface area contributed by atoms with Crippen LogP contribution in [0.4, 0.5) is 0 Å². The monoisotopic (exact) mass is 276 g/mol. The Morgan fingerprint density at radius 3 is 2.45 bits per heavy atom. The molecular formula is C19H32O. The van der Waals surface area contributed by atoms with E-state index >= 15 is 0 Å². The van der Waals surface area contributed by atoms with Crippen LogP contribution in [0.2, 0.25) is 0 Å². The predicted molar refractivity (Wildman–Crippen MR) is 84.7 cm³/mol. The smallest absolute Gasteiger partial charge is 0.0835 e. The van der Waals surface area contributed by atoms with E-state index in [9.17, 15) is 0 Å². The lowest BCUT2D eigenvalue weighted by atomic mass is 9.47. The summed E-state index contributed by atoms with van der Waals surface area (Å²) in [7, 11) is 0. The van der Waals surface area contributed by atoms with Crippen molar-refractivity contribution in [2.45, 2.75) is 84.3 Å². The summed E-state index contributed by atoms with van der Waals surface area (Å²) in [6, 6.07) is 0. The average molecular weight is 276 g/mol. The highest BCUT2D eigenvalue weighted by Crippen LogP contribution is 2.62. The van der Waals surface area contributed by atoms with Crippen LogP contribution in [-0.4, -0.2) is 11.7 Å². The van der Waals surface area contributed by atoms with E-state index in [2.05, 4.69) is 34.3 Å². The van der Waals surface area contributed by atoms with Gasteiger partial charge < -0.3 is 4.74 Å². The maximum absolute atomic E-state index is 6.49. The molecule has 1 heterocycles. The fourth-order valence-corrected chi connectivity index (χ4v) is 5.94. The summed E-state index contributed by atoms with van der Waals surface area (Å²) in [5.74, 6) is 1.66. The van der Waals surface area contributed by atoms with E-state index in [1.165, 1.54) is 38.5 Å². The molecule has 3 aliphatic rings. The minimum absolute atomic E-state index is 0.0749. The van der Waals surface area contributed by atoms with E-state index < -0.39 is 0 Å². The van der Waals surface area contributed by atoms with Crippen molar-refractivity contribution in [1.82, 2.24) is 0 Å². The van der Waals surface area contributed by atoms with Gasteiger partial charge in [0.1, 0.15) is 0 Å². The van der Waals surface area contributed by atoms with Crippen molar-refractivity contribution in [3.8, 4) is 0 Å². The number of ether oxygens (including phenoxy) is 1. The third-order valence-electron chi connectivity index (χ3n) is 7.12. The van der Waals surface area contributed by atoms with Gasteiger partial charge in [-0.15, -0.1) is 6.58 Å². The molecule has 0 aromatic carbocycles. The van der Waals surface area contributed by atoms with Crippen LogP contribution in [-0.2, 0) is 4.74 Å². The van der Waals surface area contributed by atoms with Gasteiger partial charge in [-0.25, -0.2) is 0 Å². The molecule has 2 aliphatic carbocycles. The van der Waals surface area contributed by atoms with Gasteiger partial charge >= 0.3 is 0 Å². The van der Waals surface area contributed by atoms with Crippen molar-refractivity contribution in [3.63, 3.8) is 0 Å². The van der Waals surface area contributed by atoms with Crippen LogP contribution < -0.4 is 0 Å². The van der Waals surface area contributed by atoms with Crippen LogP contribution in [0.15, 0.2) is 12.7 Å². The third kappa shape index (κ3) is 2.08. The zero-order chi connectivity index (χ0) is 14.6. The minimum Gasteiger partial charge on any atom is -0.368 e. The van der Waals surface area contributed by atoms with Crippen molar-refractivity contribution in [3.05, 3.63) is 12.7 Å². The van der Waals surface area contributed by atoms with Crippen LogP contribution in [0, 0.1) is 22.7 Å². The summed E-state index contributed by atoms with van der Waals surface area (Å²) in [5, 5.41) is 0. The first-order chi connectivity index (χ1) is 9.31. The van der Waals surface area contributed by atoms with Crippen molar-refractivity contribution in [2.24, 2.45) is 22.7 Å². The Kier molecular flexibility index (Phi) is 3.36. The largest absolute Gasteiger partial charge is 0.368 e. The molecule has 5 atom stereocenters. The Morgan fingerprint density at radius 2 is 1.75 bits per heavy atom. The van der Waals surface area contributed by atoms with Crippen LogP contribution in [0.1, 0.15) is 72.6 Å². The van der Waals surface area contributed by atoms with Gasteiger partial charge in [0.15, 0.2) is 0 Å². The predicted octanol–water partition coefficient (Wildman–Crippen LogP) is 5.35. The average Bonchev–Trinajstić information content (AvgIpc) is 2.37. The van der Waals surface area contributed by atoms with E-state index in [-0.39, 0.29) is 5.60 Å². The second-order valence-corrected chi connectivity index (χ2v) is 8.80. The van der Waals surface area contributed by atoms with Gasteiger partial charge in [0.2, 0.25) is 0 Å². The Labute approximate surface area is 125 Å².